The van der Waals surface area contributed by atoms with E-state index >= 15 is 0 Å². The van der Waals surface area contributed by atoms with Crippen LogP contribution in [0.1, 0.15) is 32.3 Å². The van der Waals surface area contributed by atoms with Crippen molar-refractivity contribution in [3.8, 4) is 0 Å². The largest absolute Gasteiger partial charge is 0.464 e. The number of esters is 1. The number of benzene rings is 1. The molecule has 1 atom stereocenters. The van der Waals surface area contributed by atoms with Gasteiger partial charge in [0.25, 0.3) is 0 Å². The normalized spacial score (nSPS) is 22.0. The Labute approximate surface area is 113 Å². The summed E-state index contributed by atoms with van der Waals surface area (Å²) in [5.41, 5.74) is 0.265. The number of nitrogens with zero attached hydrogens (tertiary/aromatic N) is 1. The van der Waals surface area contributed by atoms with E-state index in [1.807, 2.05) is 37.3 Å². The number of β-lactam (4-membered cyclic amide) rings is 1. The van der Waals surface area contributed by atoms with Gasteiger partial charge >= 0.3 is 5.97 Å². The van der Waals surface area contributed by atoms with Crippen molar-refractivity contribution >= 4 is 11.9 Å². The van der Waals surface area contributed by atoms with Gasteiger partial charge in [-0.3, -0.25) is 4.79 Å². The van der Waals surface area contributed by atoms with Crippen LogP contribution in [0.5, 0.6) is 0 Å². The van der Waals surface area contributed by atoms with E-state index in [9.17, 15) is 9.59 Å². The van der Waals surface area contributed by atoms with E-state index in [2.05, 4.69) is 0 Å². The molecule has 0 aromatic heterocycles. The van der Waals surface area contributed by atoms with Crippen LogP contribution < -0.4 is 0 Å². The minimum absolute atomic E-state index is 0.0127. The second-order valence-corrected chi connectivity index (χ2v) is 4.75. The maximum Gasteiger partial charge on any atom is 0.332 e. The molecule has 1 aromatic carbocycles. The molecule has 0 aliphatic carbocycles. The van der Waals surface area contributed by atoms with E-state index in [0.717, 1.165) is 5.56 Å². The van der Waals surface area contributed by atoms with E-state index in [1.54, 1.807) is 11.8 Å². The summed E-state index contributed by atoms with van der Waals surface area (Å²) in [5.74, 6) is -0.271. The van der Waals surface area contributed by atoms with Crippen LogP contribution in [0.3, 0.4) is 0 Å². The van der Waals surface area contributed by atoms with Gasteiger partial charge in [-0.25, -0.2) is 4.79 Å². The van der Waals surface area contributed by atoms with E-state index in [0.29, 0.717) is 19.6 Å². The van der Waals surface area contributed by atoms with Crippen molar-refractivity contribution in [2.75, 3.05) is 6.61 Å². The van der Waals surface area contributed by atoms with E-state index in [1.165, 1.54) is 0 Å². The van der Waals surface area contributed by atoms with Gasteiger partial charge in [0.05, 0.1) is 13.0 Å². The average Bonchev–Trinajstić information content (AvgIpc) is 2.43. The lowest BCUT2D eigenvalue weighted by atomic mass is 9.81. The Kier molecular flexibility index (Phi) is 3.88. The van der Waals surface area contributed by atoms with Crippen molar-refractivity contribution in [3.63, 3.8) is 0 Å². The van der Waals surface area contributed by atoms with Gasteiger partial charge < -0.3 is 9.64 Å². The molecule has 19 heavy (non-hydrogen) atoms. The van der Waals surface area contributed by atoms with Crippen LogP contribution in [-0.2, 0) is 20.9 Å². The van der Waals surface area contributed by atoms with Gasteiger partial charge in [0.15, 0.2) is 0 Å². The fourth-order valence-electron chi connectivity index (χ4n) is 2.50. The number of carbonyl (C=O) groups excluding carboxylic acids is 2. The van der Waals surface area contributed by atoms with Gasteiger partial charge in [0, 0.05) is 6.54 Å². The number of ether oxygens (including phenoxy) is 1. The lowest BCUT2D eigenvalue weighted by molar-refractivity contribution is -0.181. The summed E-state index contributed by atoms with van der Waals surface area (Å²) < 4.78 is 5.12. The molecule has 4 nitrogen and oxygen atoms in total. The molecule has 1 fully saturated rings. The monoisotopic (exact) mass is 261 g/mol. The van der Waals surface area contributed by atoms with Crippen molar-refractivity contribution in [3.05, 3.63) is 35.9 Å². The van der Waals surface area contributed by atoms with E-state index in [4.69, 9.17) is 4.74 Å². The Morgan fingerprint density at radius 1 is 1.32 bits per heavy atom. The van der Waals surface area contributed by atoms with Crippen LogP contribution in [0.4, 0.5) is 0 Å². The Hall–Kier alpha value is -1.84. The molecule has 1 aliphatic heterocycles. The van der Waals surface area contributed by atoms with Gasteiger partial charge in [-0.05, 0) is 18.9 Å². The summed E-state index contributed by atoms with van der Waals surface area (Å²) >= 11 is 0. The van der Waals surface area contributed by atoms with Crippen molar-refractivity contribution in [1.29, 1.82) is 0 Å². The second-order valence-electron chi connectivity index (χ2n) is 4.75. The second kappa shape index (κ2) is 5.43. The number of amides is 1. The highest BCUT2D eigenvalue weighted by molar-refractivity contribution is 5.98. The molecule has 2 rings (SSSR count). The predicted molar refractivity (Wildman–Crippen MR) is 71.3 cm³/mol. The molecule has 0 saturated carbocycles. The zero-order chi connectivity index (χ0) is 13.9. The highest BCUT2D eigenvalue weighted by Crippen LogP contribution is 2.37. The quantitative estimate of drug-likeness (QED) is 0.602. The van der Waals surface area contributed by atoms with Crippen molar-refractivity contribution < 1.29 is 14.3 Å². The van der Waals surface area contributed by atoms with Crippen molar-refractivity contribution in [2.24, 2.45) is 0 Å². The molecule has 4 heteroatoms. The Morgan fingerprint density at radius 2 is 2.00 bits per heavy atom. The molecule has 1 heterocycles. The maximum absolute atomic E-state index is 12.1. The third-order valence-corrected chi connectivity index (χ3v) is 3.69. The molecule has 0 N–H and O–H groups in total. The van der Waals surface area contributed by atoms with Crippen LogP contribution in [0.25, 0.3) is 0 Å². The topological polar surface area (TPSA) is 46.6 Å². The van der Waals surface area contributed by atoms with Crippen LogP contribution in [-0.4, -0.2) is 28.9 Å². The highest BCUT2D eigenvalue weighted by Gasteiger charge is 2.56. The van der Waals surface area contributed by atoms with Crippen LogP contribution >= 0.6 is 0 Å². The summed E-state index contributed by atoms with van der Waals surface area (Å²) in [4.78, 5) is 25.6. The fraction of sp³-hybridized carbons (Fsp3) is 0.467. The molecule has 1 aliphatic rings. The third kappa shape index (κ3) is 2.35. The average molecular weight is 261 g/mol. The van der Waals surface area contributed by atoms with Crippen LogP contribution in [0.2, 0.25) is 0 Å². The molecule has 1 aromatic rings. The lowest BCUT2D eigenvalue weighted by Gasteiger charge is -2.49. The van der Waals surface area contributed by atoms with Crippen LogP contribution in [0.15, 0.2) is 30.3 Å². The smallest absolute Gasteiger partial charge is 0.332 e. The Morgan fingerprint density at radius 3 is 2.53 bits per heavy atom. The van der Waals surface area contributed by atoms with Crippen molar-refractivity contribution in [1.82, 2.24) is 4.90 Å². The predicted octanol–water partition coefficient (Wildman–Crippen LogP) is 2.13. The highest BCUT2D eigenvalue weighted by atomic mass is 16.5. The van der Waals surface area contributed by atoms with Crippen LogP contribution in [0, 0.1) is 0 Å². The minimum atomic E-state index is -0.761. The first-order valence-corrected chi connectivity index (χ1v) is 6.65. The third-order valence-electron chi connectivity index (χ3n) is 3.69. The number of rotatable bonds is 5. The first-order valence-electron chi connectivity index (χ1n) is 6.65. The number of carbonyl (C=O) groups is 2. The molecule has 0 bridgehead atoms. The Bertz CT molecular complexity index is 472. The number of likely N-dealkylation sites (tertiary alicyclic amines) is 1. The molecular formula is C15H19NO3. The molecular weight excluding hydrogens is 242 g/mol. The fourth-order valence-corrected chi connectivity index (χ4v) is 2.50. The molecule has 1 amide bonds. The van der Waals surface area contributed by atoms with E-state index < -0.39 is 5.54 Å². The molecule has 1 unspecified atom stereocenters. The molecule has 0 spiro atoms. The van der Waals surface area contributed by atoms with Gasteiger partial charge in [-0.15, -0.1) is 0 Å². The zero-order valence-electron chi connectivity index (χ0n) is 11.4. The number of hydrogen-bond donors (Lipinski definition) is 0. The zero-order valence-corrected chi connectivity index (χ0v) is 11.4. The first kappa shape index (κ1) is 13.6. The standard InChI is InChI=1S/C15H19NO3/c1-3-15(14(18)19-4-2)10-13(17)16(15)11-12-8-6-5-7-9-12/h5-9H,3-4,10-11H2,1-2H3. The van der Waals surface area contributed by atoms with Gasteiger partial charge in [0.2, 0.25) is 5.91 Å². The summed E-state index contributed by atoms with van der Waals surface area (Å²) in [7, 11) is 0. The molecule has 102 valence electrons. The number of hydrogen-bond acceptors (Lipinski definition) is 3. The van der Waals surface area contributed by atoms with Gasteiger partial charge in [-0.1, -0.05) is 37.3 Å². The van der Waals surface area contributed by atoms with E-state index in [-0.39, 0.29) is 18.3 Å². The molecule has 1 saturated heterocycles. The summed E-state index contributed by atoms with van der Waals surface area (Å²) in [5, 5.41) is 0. The Balaban J connectivity index is 2.17. The van der Waals surface area contributed by atoms with Gasteiger partial charge in [0.1, 0.15) is 5.54 Å². The molecule has 0 radical (unpaired) electrons. The van der Waals surface area contributed by atoms with Gasteiger partial charge in [-0.2, -0.15) is 0 Å². The minimum Gasteiger partial charge on any atom is -0.464 e. The first-order chi connectivity index (χ1) is 9.14. The van der Waals surface area contributed by atoms with Crippen molar-refractivity contribution in [2.45, 2.75) is 38.8 Å². The summed E-state index contributed by atoms with van der Waals surface area (Å²) in [6.07, 6.45) is 0.847. The SMILES string of the molecule is CCOC(=O)C1(CC)CC(=O)N1Cc1ccccc1. The maximum atomic E-state index is 12.1. The summed E-state index contributed by atoms with van der Waals surface area (Å²) in [6.45, 7) is 4.50. The summed E-state index contributed by atoms with van der Waals surface area (Å²) in [6, 6.07) is 9.70. The lowest BCUT2D eigenvalue weighted by Crippen LogP contribution is -2.67.